The van der Waals surface area contributed by atoms with Gasteiger partial charge in [0.2, 0.25) is 16.8 Å². The fourth-order valence-electron chi connectivity index (χ4n) is 2.36. The van der Waals surface area contributed by atoms with Gasteiger partial charge in [-0.3, -0.25) is 5.43 Å². The van der Waals surface area contributed by atoms with E-state index in [-0.39, 0.29) is 0 Å². The minimum Gasteiger partial charge on any atom is -0.339 e. The average molecular weight is 361 g/mol. The third-order valence-electron chi connectivity index (χ3n) is 3.64. The van der Waals surface area contributed by atoms with Crippen molar-refractivity contribution in [3.63, 3.8) is 0 Å². The lowest BCUT2D eigenvalue weighted by Gasteiger charge is -1.97. The number of aromatic nitrogens is 3. The van der Waals surface area contributed by atoms with Crippen molar-refractivity contribution in [2.24, 2.45) is 5.10 Å². The lowest BCUT2D eigenvalue weighted by Crippen LogP contribution is -1.90. The molecule has 4 rings (SSSR count). The molecule has 2 aromatic carbocycles. The maximum absolute atomic E-state index is 4.99. The smallest absolute Gasteiger partial charge is 0.223 e. The largest absolute Gasteiger partial charge is 0.339 e. The maximum Gasteiger partial charge on any atom is 0.223 e. The number of nitrogens with zero attached hydrogens (tertiary/aromatic N) is 4. The molecule has 0 unspecified atom stereocenters. The van der Waals surface area contributed by atoms with Crippen molar-refractivity contribution in [1.82, 2.24) is 15.1 Å². The van der Waals surface area contributed by atoms with Crippen LogP contribution in [-0.2, 0) is 0 Å². The van der Waals surface area contributed by atoms with Crippen molar-refractivity contribution in [2.45, 2.75) is 6.92 Å². The van der Waals surface area contributed by atoms with E-state index < -0.39 is 0 Å². The molecule has 0 aliphatic heterocycles. The highest BCUT2D eigenvalue weighted by Gasteiger charge is 2.05. The summed E-state index contributed by atoms with van der Waals surface area (Å²) in [7, 11) is 0. The zero-order valence-corrected chi connectivity index (χ0v) is 14.8. The predicted octanol–water partition coefficient (Wildman–Crippen LogP) is 4.61. The van der Waals surface area contributed by atoms with E-state index in [1.165, 1.54) is 11.3 Å². The van der Waals surface area contributed by atoms with Gasteiger partial charge < -0.3 is 4.52 Å². The molecule has 0 spiro atoms. The molecule has 26 heavy (non-hydrogen) atoms. The van der Waals surface area contributed by atoms with E-state index in [0.717, 1.165) is 27.5 Å². The number of nitrogens with one attached hydrogen (secondary N) is 1. The first kappa shape index (κ1) is 16.2. The van der Waals surface area contributed by atoms with Gasteiger partial charge in [0.1, 0.15) is 0 Å². The fourth-order valence-corrected chi connectivity index (χ4v) is 3.03. The quantitative estimate of drug-likeness (QED) is 0.415. The van der Waals surface area contributed by atoms with Crippen molar-refractivity contribution >= 4 is 22.7 Å². The van der Waals surface area contributed by atoms with Gasteiger partial charge in [0.05, 0.1) is 11.9 Å². The molecular formula is C19H15N5OS. The zero-order valence-electron chi connectivity index (χ0n) is 14.0. The monoisotopic (exact) mass is 361 g/mol. The Morgan fingerprint density at radius 2 is 1.81 bits per heavy atom. The zero-order chi connectivity index (χ0) is 17.8. The van der Waals surface area contributed by atoms with Gasteiger partial charge in [-0.1, -0.05) is 59.8 Å². The lowest BCUT2D eigenvalue weighted by atomic mass is 10.1. The molecule has 2 aromatic heterocycles. The van der Waals surface area contributed by atoms with Crippen LogP contribution in [0.3, 0.4) is 0 Å². The molecule has 0 aliphatic rings. The van der Waals surface area contributed by atoms with Crippen molar-refractivity contribution < 1.29 is 4.52 Å². The first-order chi connectivity index (χ1) is 12.8. The van der Waals surface area contributed by atoms with Gasteiger partial charge in [-0.15, -0.1) is 11.3 Å². The van der Waals surface area contributed by atoms with E-state index in [4.69, 9.17) is 4.52 Å². The topological polar surface area (TPSA) is 76.2 Å². The molecule has 0 atom stereocenters. The second-order valence-corrected chi connectivity index (χ2v) is 6.39. The van der Waals surface area contributed by atoms with Gasteiger partial charge in [-0.2, -0.15) is 10.1 Å². The lowest BCUT2D eigenvalue weighted by molar-refractivity contribution is 0.394. The number of hydrogen-bond acceptors (Lipinski definition) is 7. The number of hydrazone groups is 1. The van der Waals surface area contributed by atoms with Gasteiger partial charge in [0.25, 0.3) is 0 Å². The van der Waals surface area contributed by atoms with E-state index in [9.17, 15) is 0 Å². The van der Waals surface area contributed by atoms with Crippen LogP contribution in [0.1, 0.15) is 11.5 Å². The van der Waals surface area contributed by atoms with Crippen LogP contribution in [0, 0.1) is 6.92 Å². The molecule has 0 amide bonds. The Morgan fingerprint density at radius 1 is 1.00 bits per heavy atom. The van der Waals surface area contributed by atoms with Crippen molar-refractivity contribution in [3.8, 4) is 22.6 Å². The van der Waals surface area contributed by atoms with E-state index in [2.05, 4.69) is 25.7 Å². The Morgan fingerprint density at radius 3 is 2.54 bits per heavy atom. The third-order valence-corrected chi connectivity index (χ3v) is 4.39. The predicted molar refractivity (Wildman–Crippen MR) is 103 cm³/mol. The second-order valence-electron chi connectivity index (χ2n) is 5.53. The Labute approximate surface area is 154 Å². The normalized spacial score (nSPS) is 11.1. The van der Waals surface area contributed by atoms with Crippen molar-refractivity contribution in [1.29, 1.82) is 0 Å². The molecule has 0 bridgehead atoms. The minimum atomic E-state index is 0.549. The molecule has 1 N–H and O–H groups in total. The molecule has 0 saturated heterocycles. The van der Waals surface area contributed by atoms with E-state index in [0.29, 0.717) is 11.7 Å². The third kappa shape index (κ3) is 3.68. The number of aryl methyl sites for hydroxylation is 1. The van der Waals surface area contributed by atoms with Gasteiger partial charge in [-0.25, -0.2) is 4.98 Å². The summed E-state index contributed by atoms with van der Waals surface area (Å²) in [6.07, 6.45) is 1.74. The molecular weight excluding hydrogens is 346 g/mol. The van der Waals surface area contributed by atoms with Crippen LogP contribution < -0.4 is 5.43 Å². The highest BCUT2D eigenvalue weighted by molar-refractivity contribution is 7.14. The molecule has 4 aromatic rings. The molecule has 7 heteroatoms. The first-order valence-electron chi connectivity index (χ1n) is 7.99. The van der Waals surface area contributed by atoms with Gasteiger partial charge in [-0.05, 0) is 5.56 Å². The summed E-state index contributed by atoms with van der Waals surface area (Å²) < 4.78 is 4.99. The van der Waals surface area contributed by atoms with Crippen molar-refractivity contribution in [3.05, 3.63) is 71.4 Å². The average Bonchev–Trinajstić information content (AvgIpc) is 3.32. The summed E-state index contributed by atoms with van der Waals surface area (Å²) in [5, 5.41) is 10.9. The molecule has 128 valence electrons. The summed E-state index contributed by atoms with van der Waals surface area (Å²) in [4.78, 5) is 8.74. The highest BCUT2D eigenvalue weighted by atomic mass is 32.1. The summed E-state index contributed by atoms with van der Waals surface area (Å²) in [6, 6.07) is 17.8. The molecule has 2 heterocycles. The standard InChI is InChI=1S/C19H15N5OS/c1-13-21-18(24-25-13)16-9-7-14(8-10-16)11-20-23-19-22-17(12-26-19)15-5-3-2-4-6-15/h2-12H,1H3,(H,22,23). The Bertz CT molecular complexity index is 1020. The second kappa shape index (κ2) is 7.28. The van der Waals surface area contributed by atoms with E-state index in [1.807, 2.05) is 60.0 Å². The van der Waals surface area contributed by atoms with Crippen LogP contribution in [0.15, 0.2) is 69.6 Å². The van der Waals surface area contributed by atoms with Crippen LogP contribution >= 0.6 is 11.3 Å². The number of benzene rings is 2. The number of anilines is 1. The Balaban J connectivity index is 1.40. The summed E-state index contributed by atoms with van der Waals surface area (Å²) in [5.74, 6) is 1.13. The van der Waals surface area contributed by atoms with E-state index in [1.54, 1.807) is 13.1 Å². The molecule has 0 radical (unpaired) electrons. The summed E-state index contributed by atoms with van der Waals surface area (Å²) in [5.41, 5.74) is 6.86. The summed E-state index contributed by atoms with van der Waals surface area (Å²) >= 11 is 1.52. The van der Waals surface area contributed by atoms with Crippen molar-refractivity contribution in [2.75, 3.05) is 5.43 Å². The summed E-state index contributed by atoms with van der Waals surface area (Å²) in [6.45, 7) is 1.77. The Kier molecular flexibility index (Phi) is 4.53. The van der Waals surface area contributed by atoms with Crippen LogP contribution in [0.25, 0.3) is 22.6 Å². The molecule has 6 nitrogen and oxygen atoms in total. The SMILES string of the molecule is Cc1nc(-c2ccc(C=NNc3nc(-c4ccccc4)cs3)cc2)no1. The van der Waals surface area contributed by atoms with Gasteiger partial charge >= 0.3 is 0 Å². The number of thiazole rings is 1. The van der Waals surface area contributed by atoms with E-state index >= 15 is 0 Å². The maximum atomic E-state index is 4.99. The number of rotatable bonds is 5. The van der Waals surface area contributed by atoms with Crippen LogP contribution in [-0.4, -0.2) is 21.3 Å². The van der Waals surface area contributed by atoms with Gasteiger partial charge in [0, 0.05) is 23.4 Å². The first-order valence-corrected chi connectivity index (χ1v) is 8.87. The fraction of sp³-hybridized carbons (Fsp3) is 0.0526. The molecule has 0 aliphatic carbocycles. The number of hydrogen-bond donors (Lipinski definition) is 1. The van der Waals surface area contributed by atoms with Gasteiger partial charge in [0.15, 0.2) is 0 Å². The Hall–Kier alpha value is -3.32. The van der Waals surface area contributed by atoms with Crippen LogP contribution in [0.2, 0.25) is 0 Å². The van der Waals surface area contributed by atoms with Crippen LogP contribution in [0.4, 0.5) is 5.13 Å². The highest BCUT2D eigenvalue weighted by Crippen LogP contribution is 2.24. The molecule has 0 saturated carbocycles. The minimum absolute atomic E-state index is 0.549. The van der Waals surface area contributed by atoms with Crippen LogP contribution in [0.5, 0.6) is 0 Å². The molecule has 0 fully saturated rings.